The largest absolute Gasteiger partial charge is 0.462 e. The number of furan rings is 1. The molecule has 3 heteroatoms. The van der Waals surface area contributed by atoms with Crippen LogP contribution in [0.2, 0.25) is 0 Å². The van der Waals surface area contributed by atoms with Gasteiger partial charge in [-0.25, -0.2) is 0 Å². The van der Waals surface area contributed by atoms with Crippen LogP contribution in [-0.4, -0.2) is 4.99 Å². The van der Waals surface area contributed by atoms with E-state index in [4.69, 9.17) is 22.4 Å². The van der Waals surface area contributed by atoms with E-state index < -0.39 is 0 Å². The fourth-order valence-electron chi connectivity index (χ4n) is 0.830. The summed E-state index contributed by atoms with van der Waals surface area (Å²) in [7, 11) is 0. The number of hydrogen-bond acceptors (Lipinski definition) is 2. The first kappa shape index (κ1) is 7.28. The van der Waals surface area contributed by atoms with Crippen LogP contribution in [0.4, 0.5) is 0 Å². The molecule has 0 aliphatic heterocycles. The summed E-state index contributed by atoms with van der Waals surface area (Å²) in [6, 6.07) is 1.88. The molecule has 0 saturated heterocycles. The Hall–Kier alpha value is -0.830. The topological polar surface area (TPSA) is 39.2 Å². The number of rotatable bonds is 2. The second kappa shape index (κ2) is 2.84. The van der Waals surface area contributed by atoms with Gasteiger partial charge in [0.1, 0.15) is 4.99 Å². The molecule has 0 bridgehead atoms. The van der Waals surface area contributed by atoms with Gasteiger partial charge in [0.05, 0.1) is 6.26 Å². The maximum absolute atomic E-state index is 5.37. The van der Waals surface area contributed by atoms with Gasteiger partial charge in [0.2, 0.25) is 0 Å². The molecule has 0 radical (unpaired) electrons. The van der Waals surface area contributed by atoms with Gasteiger partial charge in [-0.05, 0) is 12.5 Å². The van der Waals surface area contributed by atoms with Crippen molar-refractivity contribution in [3.05, 3.63) is 23.7 Å². The highest BCUT2D eigenvalue weighted by molar-refractivity contribution is 7.80. The van der Waals surface area contributed by atoms with Crippen molar-refractivity contribution in [1.29, 1.82) is 0 Å². The first-order chi connectivity index (χ1) is 4.75. The van der Waals surface area contributed by atoms with Crippen LogP contribution in [0.25, 0.3) is 0 Å². The molecule has 0 unspecified atom stereocenters. The zero-order valence-electron chi connectivity index (χ0n) is 5.76. The molecule has 0 aliphatic rings. The smallest absolute Gasteiger partial charge is 0.163 e. The number of nitrogens with two attached hydrogens (primary N) is 1. The van der Waals surface area contributed by atoms with Crippen LogP contribution in [0.15, 0.2) is 16.7 Å². The van der Waals surface area contributed by atoms with Crippen molar-refractivity contribution in [2.24, 2.45) is 5.73 Å². The van der Waals surface area contributed by atoms with Gasteiger partial charge in [-0.1, -0.05) is 19.1 Å². The van der Waals surface area contributed by atoms with E-state index in [0.717, 1.165) is 12.0 Å². The fraction of sp³-hybridized carbons (Fsp3) is 0.286. The zero-order chi connectivity index (χ0) is 7.56. The van der Waals surface area contributed by atoms with E-state index in [1.54, 1.807) is 6.26 Å². The molecule has 54 valence electrons. The van der Waals surface area contributed by atoms with E-state index in [1.807, 2.05) is 13.0 Å². The first-order valence-corrected chi connectivity index (χ1v) is 3.52. The number of thiocarbonyl (C=S) groups is 1. The number of aryl methyl sites for hydroxylation is 1. The molecule has 1 aromatic heterocycles. The lowest BCUT2D eigenvalue weighted by Crippen LogP contribution is -2.09. The Balaban J connectivity index is 3.01. The highest BCUT2D eigenvalue weighted by Gasteiger charge is 2.05. The number of hydrogen-bond donors (Lipinski definition) is 1. The Morgan fingerprint density at radius 1 is 1.80 bits per heavy atom. The van der Waals surface area contributed by atoms with E-state index in [2.05, 4.69) is 0 Å². The Bertz CT molecular complexity index is 242. The highest BCUT2D eigenvalue weighted by Crippen LogP contribution is 2.10. The van der Waals surface area contributed by atoms with Crippen molar-refractivity contribution < 1.29 is 4.42 Å². The van der Waals surface area contributed by atoms with Crippen molar-refractivity contribution in [2.45, 2.75) is 13.3 Å². The van der Waals surface area contributed by atoms with Gasteiger partial charge in [0, 0.05) is 5.56 Å². The third kappa shape index (κ3) is 1.19. The lowest BCUT2D eigenvalue weighted by Gasteiger charge is -1.93. The van der Waals surface area contributed by atoms with Gasteiger partial charge in [0.15, 0.2) is 5.76 Å². The molecule has 0 spiro atoms. The summed E-state index contributed by atoms with van der Waals surface area (Å²) in [6.07, 6.45) is 2.51. The van der Waals surface area contributed by atoms with Gasteiger partial charge in [-0.2, -0.15) is 0 Å². The van der Waals surface area contributed by atoms with E-state index in [-0.39, 0.29) is 0 Å². The van der Waals surface area contributed by atoms with Crippen LogP contribution >= 0.6 is 12.2 Å². The molecular formula is C7H9NOS. The third-order valence-corrected chi connectivity index (χ3v) is 1.54. The standard InChI is InChI=1S/C7H9NOS/c1-2-5-3-4-9-6(5)7(8)10/h3-4H,2H2,1H3,(H2,8,10). The molecule has 1 aromatic rings. The molecule has 1 heterocycles. The molecule has 0 amide bonds. The summed E-state index contributed by atoms with van der Waals surface area (Å²) < 4.78 is 5.05. The predicted molar refractivity (Wildman–Crippen MR) is 44.0 cm³/mol. The lowest BCUT2D eigenvalue weighted by molar-refractivity contribution is 0.555. The summed E-state index contributed by atoms with van der Waals surface area (Å²) in [6.45, 7) is 2.03. The maximum atomic E-state index is 5.37. The fourth-order valence-corrected chi connectivity index (χ4v) is 1.01. The van der Waals surface area contributed by atoms with Crippen molar-refractivity contribution >= 4 is 17.2 Å². The maximum Gasteiger partial charge on any atom is 0.163 e. The Morgan fingerprint density at radius 3 is 2.90 bits per heavy atom. The Morgan fingerprint density at radius 2 is 2.50 bits per heavy atom. The quantitative estimate of drug-likeness (QED) is 0.657. The summed E-state index contributed by atoms with van der Waals surface area (Å²) in [5.41, 5.74) is 6.45. The minimum Gasteiger partial charge on any atom is -0.462 e. The third-order valence-electron chi connectivity index (χ3n) is 1.35. The van der Waals surface area contributed by atoms with Crippen LogP contribution in [0.5, 0.6) is 0 Å². The second-order valence-electron chi connectivity index (χ2n) is 1.99. The minimum absolute atomic E-state index is 0.335. The normalized spacial score (nSPS) is 9.70. The van der Waals surface area contributed by atoms with Crippen LogP contribution in [0.3, 0.4) is 0 Å². The van der Waals surface area contributed by atoms with E-state index in [9.17, 15) is 0 Å². The molecule has 10 heavy (non-hydrogen) atoms. The van der Waals surface area contributed by atoms with Gasteiger partial charge < -0.3 is 10.2 Å². The molecule has 0 aliphatic carbocycles. The average Bonchev–Trinajstić information content (AvgIpc) is 2.33. The highest BCUT2D eigenvalue weighted by atomic mass is 32.1. The monoisotopic (exact) mass is 155 g/mol. The van der Waals surface area contributed by atoms with E-state index >= 15 is 0 Å². The molecule has 2 N–H and O–H groups in total. The summed E-state index contributed by atoms with van der Waals surface area (Å²) in [5, 5.41) is 0. The zero-order valence-corrected chi connectivity index (χ0v) is 6.57. The molecular weight excluding hydrogens is 146 g/mol. The van der Waals surface area contributed by atoms with Crippen LogP contribution in [0.1, 0.15) is 18.2 Å². The molecule has 0 fully saturated rings. The summed E-state index contributed by atoms with van der Waals surface area (Å²) in [5.74, 6) is 0.650. The molecule has 0 saturated carbocycles. The Kier molecular flexibility index (Phi) is 2.06. The van der Waals surface area contributed by atoms with Crippen molar-refractivity contribution in [3.63, 3.8) is 0 Å². The Labute approximate surface area is 65.0 Å². The summed E-state index contributed by atoms with van der Waals surface area (Å²) in [4.78, 5) is 0.335. The van der Waals surface area contributed by atoms with Gasteiger partial charge in [-0.3, -0.25) is 0 Å². The van der Waals surface area contributed by atoms with Crippen LogP contribution in [-0.2, 0) is 6.42 Å². The lowest BCUT2D eigenvalue weighted by atomic mass is 10.2. The minimum atomic E-state index is 0.335. The van der Waals surface area contributed by atoms with Crippen molar-refractivity contribution in [2.75, 3.05) is 0 Å². The van der Waals surface area contributed by atoms with Crippen molar-refractivity contribution in [3.8, 4) is 0 Å². The average molecular weight is 155 g/mol. The van der Waals surface area contributed by atoms with Crippen LogP contribution < -0.4 is 5.73 Å². The van der Waals surface area contributed by atoms with Gasteiger partial charge in [-0.15, -0.1) is 0 Å². The van der Waals surface area contributed by atoms with E-state index in [1.165, 1.54) is 0 Å². The molecule has 2 nitrogen and oxygen atoms in total. The predicted octanol–water partition coefficient (Wildman–Crippen LogP) is 1.48. The van der Waals surface area contributed by atoms with Gasteiger partial charge in [0.25, 0.3) is 0 Å². The molecule has 1 rings (SSSR count). The second-order valence-corrected chi connectivity index (χ2v) is 2.43. The SMILES string of the molecule is CCc1ccoc1C(N)=S. The first-order valence-electron chi connectivity index (χ1n) is 3.12. The molecule has 0 aromatic carbocycles. The van der Waals surface area contributed by atoms with E-state index in [0.29, 0.717) is 10.7 Å². The van der Waals surface area contributed by atoms with Crippen molar-refractivity contribution in [1.82, 2.24) is 0 Å². The summed E-state index contributed by atoms with van der Waals surface area (Å²) >= 11 is 4.75. The molecule has 0 atom stereocenters. The van der Waals surface area contributed by atoms with Crippen LogP contribution in [0, 0.1) is 0 Å². The van der Waals surface area contributed by atoms with Gasteiger partial charge >= 0.3 is 0 Å².